The zero-order valence-corrected chi connectivity index (χ0v) is 14.9. The Kier molecular flexibility index (Phi) is 6.12. The van der Waals surface area contributed by atoms with Crippen LogP contribution in [-0.4, -0.2) is 6.54 Å². The maximum atomic E-state index is 6.34. The molecule has 21 heavy (non-hydrogen) atoms. The molecule has 0 saturated heterocycles. The van der Waals surface area contributed by atoms with E-state index in [4.69, 9.17) is 23.2 Å². The van der Waals surface area contributed by atoms with Crippen molar-refractivity contribution in [3.05, 3.63) is 55.7 Å². The largest absolute Gasteiger partial charge is 0.306 e. The molecule has 0 aliphatic carbocycles. The second kappa shape index (κ2) is 7.64. The highest BCUT2D eigenvalue weighted by atomic mass is 35.5. The molecular formula is C17H21Cl2NS. The van der Waals surface area contributed by atoms with E-state index >= 15 is 0 Å². The Labute approximate surface area is 141 Å². The molecule has 1 heterocycles. The van der Waals surface area contributed by atoms with E-state index in [0.717, 1.165) is 27.2 Å². The summed E-state index contributed by atoms with van der Waals surface area (Å²) in [5.41, 5.74) is 3.64. The number of nitrogens with one attached hydrogen (secondary N) is 1. The Hall–Kier alpha value is -0.540. The second-order valence-corrected chi connectivity index (χ2v) is 7.77. The van der Waals surface area contributed by atoms with Gasteiger partial charge in [0.1, 0.15) is 0 Å². The van der Waals surface area contributed by atoms with Crippen molar-refractivity contribution >= 4 is 34.5 Å². The van der Waals surface area contributed by atoms with E-state index in [-0.39, 0.29) is 6.04 Å². The first-order valence-electron chi connectivity index (χ1n) is 7.30. The minimum Gasteiger partial charge on any atom is -0.306 e. The fourth-order valence-corrected chi connectivity index (χ4v) is 3.85. The Bertz CT molecular complexity index is 575. The smallest absolute Gasteiger partial charge is 0.0995 e. The topological polar surface area (TPSA) is 12.0 Å². The molecule has 1 aromatic carbocycles. The van der Waals surface area contributed by atoms with E-state index in [2.05, 4.69) is 50.4 Å². The first kappa shape index (κ1) is 16.8. The highest BCUT2D eigenvalue weighted by Crippen LogP contribution is 2.37. The number of thiophene rings is 1. The third-order valence-corrected chi connectivity index (χ3v) is 5.05. The molecule has 0 saturated carbocycles. The summed E-state index contributed by atoms with van der Waals surface area (Å²) in [5, 5.41) is 3.57. The van der Waals surface area contributed by atoms with Gasteiger partial charge in [0.05, 0.1) is 14.7 Å². The van der Waals surface area contributed by atoms with E-state index in [1.54, 1.807) is 0 Å². The summed E-state index contributed by atoms with van der Waals surface area (Å²) in [6.45, 7) is 7.52. The molecule has 0 bridgehead atoms. The van der Waals surface area contributed by atoms with Crippen molar-refractivity contribution in [1.82, 2.24) is 5.32 Å². The van der Waals surface area contributed by atoms with E-state index in [1.165, 1.54) is 22.5 Å². The van der Waals surface area contributed by atoms with Crippen molar-refractivity contribution in [3.63, 3.8) is 0 Å². The zero-order chi connectivity index (χ0) is 15.4. The summed E-state index contributed by atoms with van der Waals surface area (Å²) in [6.07, 6.45) is 1.08. The van der Waals surface area contributed by atoms with Crippen LogP contribution in [0.15, 0.2) is 30.3 Å². The summed E-state index contributed by atoms with van der Waals surface area (Å²) in [7, 11) is 0. The SMILES string of the molecule is CCCNC(c1ccc(C(C)C)cc1)c1cc(Cl)sc1Cl. The number of hydrogen-bond donors (Lipinski definition) is 1. The van der Waals surface area contributed by atoms with Crippen molar-refractivity contribution < 1.29 is 0 Å². The van der Waals surface area contributed by atoms with E-state index in [0.29, 0.717) is 5.92 Å². The molecule has 1 N–H and O–H groups in total. The Morgan fingerprint density at radius 1 is 1.10 bits per heavy atom. The first-order valence-corrected chi connectivity index (χ1v) is 8.88. The maximum absolute atomic E-state index is 6.34. The standard InChI is InChI=1S/C17H21Cl2NS/c1-4-9-20-16(14-10-15(18)21-17(14)19)13-7-5-12(6-8-13)11(2)3/h5-8,10-11,16,20H,4,9H2,1-3H3. The first-order chi connectivity index (χ1) is 10.0. The van der Waals surface area contributed by atoms with Gasteiger partial charge in [-0.05, 0) is 36.1 Å². The van der Waals surface area contributed by atoms with Crippen LogP contribution in [0.2, 0.25) is 8.67 Å². The highest BCUT2D eigenvalue weighted by Gasteiger charge is 2.19. The summed E-state index contributed by atoms with van der Waals surface area (Å²) < 4.78 is 1.50. The molecule has 114 valence electrons. The minimum absolute atomic E-state index is 0.0995. The van der Waals surface area contributed by atoms with E-state index < -0.39 is 0 Å². The van der Waals surface area contributed by atoms with Crippen LogP contribution in [0.3, 0.4) is 0 Å². The van der Waals surface area contributed by atoms with Crippen LogP contribution in [0.1, 0.15) is 55.8 Å². The Morgan fingerprint density at radius 2 is 1.71 bits per heavy atom. The van der Waals surface area contributed by atoms with Crippen molar-refractivity contribution in [1.29, 1.82) is 0 Å². The summed E-state index contributed by atoms with van der Waals surface area (Å²) in [4.78, 5) is 0. The second-order valence-electron chi connectivity index (χ2n) is 5.49. The summed E-state index contributed by atoms with van der Waals surface area (Å²) in [5.74, 6) is 0.542. The van der Waals surface area contributed by atoms with Gasteiger partial charge >= 0.3 is 0 Å². The number of rotatable bonds is 6. The van der Waals surface area contributed by atoms with Crippen molar-refractivity contribution in [3.8, 4) is 0 Å². The molecule has 4 heteroatoms. The Balaban J connectivity index is 2.33. The molecule has 2 aromatic rings. The molecule has 1 aromatic heterocycles. The number of hydrogen-bond acceptors (Lipinski definition) is 2. The number of benzene rings is 1. The van der Waals surface area contributed by atoms with Crippen LogP contribution in [-0.2, 0) is 0 Å². The molecule has 0 aliphatic heterocycles. The van der Waals surface area contributed by atoms with Gasteiger partial charge in [0.25, 0.3) is 0 Å². The summed E-state index contributed by atoms with van der Waals surface area (Å²) in [6, 6.07) is 10.8. The van der Waals surface area contributed by atoms with E-state index in [1.807, 2.05) is 6.07 Å². The monoisotopic (exact) mass is 341 g/mol. The van der Waals surface area contributed by atoms with Crippen LogP contribution in [0, 0.1) is 0 Å². The van der Waals surface area contributed by atoms with Gasteiger partial charge in [-0.25, -0.2) is 0 Å². The van der Waals surface area contributed by atoms with Gasteiger partial charge in [0.15, 0.2) is 0 Å². The lowest BCUT2D eigenvalue weighted by molar-refractivity contribution is 0.600. The molecule has 0 spiro atoms. The average molecular weight is 342 g/mol. The lowest BCUT2D eigenvalue weighted by Gasteiger charge is -2.19. The van der Waals surface area contributed by atoms with Gasteiger partial charge < -0.3 is 5.32 Å². The van der Waals surface area contributed by atoms with Crippen LogP contribution < -0.4 is 5.32 Å². The van der Waals surface area contributed by atoms with Gasteiger partial charge in [0.2, 0.25) is 0 Å². The molecular weight excluding hydrogens is 321 g/mol. The molecule has 0 aliphatic rings. The molecule has 1 nitrogen and oxygen atoms in total. The normalized spacial score (nSPS) is 12.9. The van der Waals surface area contributed by atoms with Crippen molar-refractivity contribution in [2.75, 3.05) is 6.54 Å². The molecule has 0 radical (unpaired) electrons. The third kappa shape index (κ3) is 4.23. The Morgan fingerprint density at radius 3 is 2.19 bits per heavy atom. The van der Waals surface area contributed by atoms with Gasteiger partial charge in [0, 0.05) is 5.56 Å². The average Bonchev–Trinajstić information content (AvgIpc) is 2.79. The lowest BCUT2D eigenvalue weighted by atomic mass is 9.96. The fourth-order valence-electron chi connectivity index (χ4n) is 2.32. The zero-order valence-electron chi connectivity index (χ0n) is 12.6. The van der Waals surface area contributed by atoms with Crippen LogP contribution in [0.5, 0.6) is 0 Å². The minimum atomic E-state index is 0.0995. The van der Waals surface area contributed by atoms with Gasteiger partial charge in [-0.2, -0.15) is 0 Å². The quantitative estimate of drug-likeness (QED) is 0.652. The van der Waals surface area contributed by atoms with Gasteiger partial charge in [-0.15, -0.1) is 11.3 Å². The fraction of sp³-hybridized carbons (Fsp3) is 0.412. The molecule has 1 unspecified atom stereocenters. The predicted molar refractivity (Wildman–Crippen MR) is 95.0 cm³/mol. The molecule has 0 fully saturated rings. The predicted octanol–water partition coefficient (Wildman–Crippen LogP) is 6.27. The van der Waals surface area contributed by atoms with Gasteiger partial charge in [-0.3, -0.25) is 0 Å². The third-order valence-electron chi connectivity index (χ3n) is 3.53. The van der Waals surface area contributed by atoms with Crippen LogP contribution in [0.25, 0.3) is 0 Å². The van der Waals surface area contributed by atoms with E-state index in [9.17, 15) is 0 Å². The molecule has 2 rings (SSSR count). The summed E-state index contributed by atoms with van der Waals surface area (Å²) >= 11 is 13.9. The number of halogens is 2. The molecule has 1 atom stereocenters. The van der Waals surface area contributed by atoms with Crippen molar-refractivity contribution in [2.45, 2.75) is 39.2 Å². The van der Waals surface area contributed by atoms with Crippen molar-refractivity contribution in [2.24, 2.45) is 0 Å². The van der Waals surface area contributed by atoms with Gasteiger partial charge in [-0.1, -0.05) is 68.2 Å². The molecule has 0 amide bonds. The van der Waals surface area contributed by atoms with Crippen LogP contribution in [0.4, 0.5) is 0 Å². The lowest BCUT2D eigenvalue weighted by Crippen LogP contribution is -2.23. The van der Waals surface area contributed by atoms with Crippen LogP contribution >= 0.6 is 34.5 Å². The highest BCUT2D eigenvalue weighted by molar-refractivity contribution is 7.20. The maximum Gasteiger partial charge on any atom is 0.0995 e.